The first-order valence-corrected chi connectivity index (χ1v) is 9.66. The van der Waals surface area contributed by atoms with Gasteiger partial charge in [0.2, 0.25) is 5.91 Å². The summed E-state index contributed by atoms with van der Waals surface area (Å²) in [5.74, 6) is -0.998. The average Bonchev–Trinajstić information content (AvgIpc) is 3.23. The molecule has 0 spiro atoms. The van der Waals surface area contributed by atoms with Gasteiger partial charge in [0.25, 0.3) is 0 Å². The van der Waals surface area contributed by atoms with E-state index in [4.69, 9.17) is 9.47 Å². The number of rotatable bonds is 4. The van der Waals surface area contributed by atoms with E-state index in [2.05, 4.69) is 0 Å². The molecule has 3 rings (SSSR count). The van der Waals surface area contributed by atoms with Crippen LogP contribution in [0.2, 0.25) is 0 Å². The van der Waals surface area contributed by atoms with Crippen molar-refractivity contribution in [1.82, 2.24) is 4.90 Å². The highest BCUT2D eigenvalue weighted by Crippen LogP contribution is 2.28. The van der Waals surface area contributed by atoms with Crippen LogP contribution in [-0.2, 0) is 25.5 Å². The van der Waals surface area contributed by atoms with E-state index in [0.29, 0.717) is 24.9 Å². The fourth-order valence-electron chi connectivity index (χ4n) is 3.51. The van der Waals surface area contributed by atoms with Gasteiger partial charge in [-0.15, -0.1) is 0 Å². The van der Waals surface area contributed by atoms with Gasteiger partial charge < -0.3 is 14.4 Å². The van der Waals surface area contributed by atoms with Crippen LogP contribution in [0.1, 0.15) is 49.5 Å². The second kappa shape index (κ2) is 7.85. The van der Waals surface area contributed by atoms with E-state index in [-0.39, 0.29) is 18.1 Å². The number of benzene rings is 1. The molecule has 0 unspecified atom stereocenters. The number of hydrogen-bond donors (Lipinski definition) is 0. The standard InChI is InChI=1S/C21H26N2O6/c1-21(2,3)29-20(27)23-9-5-6-16(23)19(26)28-12-17(24)13-7-8-15-14(10-13)11-18(25)22(15)4/h7-8,10,16H,5-6,9,11-12H2,1-4H3/t16-/m0/s1. The number of Topliss-reactive ketones (excluding diaryl/α,β-unsaturated/α-hetero) is 1. The van der Waals surface area contributed by atoms with Gasteiger partial charge in [0.1, 0.15) is 11.6 Å². The zero-order chi connectivity index (χ0) is 21.3. The summed E-state index contributed by atoms with van der Waals surface area (Å²) in [5, 5.41) is 0. The number of ether oxygens (including phenoxy) is 2. The Morgan fingerprint density at radius 3 is 2.62 bits per heavy atom. The summed E-state index contributed by atoms with van der Waals surface area (Å²) in [5.41, 5.74) is 1.28. The zero-order valence-electron chi connectivity index (χ0n) is 17.2. The van der Waals surface area contributed by atoms with E-state index in [1.54, 1.807) is 50.9 Å². The second-order valence-corrected chi connectivity index (χ2v) is 8.34. The van der Waals surface area contributed by atoms with Crippen LogP contribution in [-0.4, -0.2) is 60.5 Å². The Labute approximate surface area is 169 Å². The third-order valence-corrected chi connectivity index (χ3v) is 4.98. The lowest BCUT2D eigenvalue weighted by Crippen LogP contribution is -2.44. The summed E-state index contributed by atoms with van der Waals surface area (Å²) in [4.78, 5) is 51.9. The van der Waals surface area contributed by atoms with Gasteiger partial charge in [0, 0.05) is 24.8 Å². The lowest BCUT2D eigenvalue weighted by atomic mass is 10.1. The number of fused-ring (bicyclic) bond motifs is 1. The third-order valence-electron chi connectivity index (χ3n) is 4.98. The van der Waals surface area contributed by atoms with Crippen molar-refractivity contribution in [2.24, 2.45) is 0 Å². The Balaban J connectivity index is 1.59. The lowest BCUT2D eigenvalue weighted by Gasteiger charge is -2.27. The van der Waals surface area contributed by atoms with Gasteiger partial charge in [0.15, 0.2) is 12.4 Å². The molecular formula is C21H26N2O6. The Morgan fingerprint density at radius 1 is 1.21 bits per heavy atom. The summed E-state index contributed by atoms with van der Waals surface area (Å²) in [7, 11) is 1.69. The van der Waals surface area contributed by atoms with Crippen LogP contribution < -0.4 is 4.90 Å². The zero-order valence-corrected chi connectivity index (χ0v) is 17.2. The molecule has 8 nitrogen and oxygen atoms in total. The molecule has 0 radical (unpaired) electrons. The predicted molar refractivity (Wildman–Crippen MR) is 105 cm³/mol. The van der Waals surface area contributed by atoms with E-state index < -0.39 is 30.3 Å². The summed E-state index contributed by atoms with van der Waals surface area (Å²) < 4.78 is 10.5. The van der Waals surface area contributed by atoms with Crippen molar-refractivity contribution in [2.45, 2.75) is 51.7 Å². The second-order valence-electron chi connectivity index (χ2n) is 8.34. The lowest BCUT2D eigenvalue weighted by molar-refractivity contribution is -0.147. The van der Waals surface area contributed by atoms with Crippen molar-refractivity contribution < 1.29 is 28.7 Å². The van der Waals surface area contributed by atoms with Gasteiger partial charge in [-0.05, 0) is 57.4 Å². The molecular weight excluding hydrogens is 376 g/mol. The highest BCUT2D eigenvalue weighted by atomic mass is 16.6. The highest BCUT2D eigenvalue weighted by Gasteiger charge is 2.38. The van der Waals surface area contributed by atoms with Gasteiger partial charge in [-0.2, -0.15) is 0 Å². The molecule has 0 N–H and O–H groups in total. The topological polar surface area (TPSA) is 93.2 Å². The molecule has 0 aliphatic carbocycles. The highest BCUT2D eigenvalue weighted by molar-refractivity contribution is 6.04. The number of carbonyl (C=O) groups excluding carboxylic acids is 4. The molecule has 0 bridgehead atoms. The van der Waals surface area contributed by atoms with Crippen LogP contribution in [0, 0.1) is 0 Å². The van der Waals surface area contributed by atoms with Crippen molar-refractivity contribution in [3.63, 3.8) is 0 Å². The molecule has 8 heteroatoms. The Kier molecular flexibility index (Phi) is 5.64. The summed E-state index contributed by atoms with van der Waals surface area (Å²) >= 11 is 0. The smallest absolute Gasteiger partial charge is 0.411 e. The van der Waals surface area contributed by atoms with Crippen LogP contribution >= 0.6 is 0 Å². The molecule has 0 saturated carbocycles. The number of amides is 2. The van der Waals surface area contributed by atoms with Crippen LogP contribution in [0.4, 0.5) is 10.5 Å². The van der Waals surface area contributed by atoms with E-state index in [0.717, 1.165) is 11.3 Å². The maximum absolute atomic E-state index is 12.5. The number of likely N-dealkylation sites (N-methyl/N-ethyl adjacent to an activating group) is 1. The predicted octanol–water partition coefficient (Wildman–Crippen LogP) is 2.33. The minimum Gasteiger partial charge on any atom is -0.456 e. The Morgan fingerprint density at radius 2 is 1.93 bits per heavy atom. The molecule has 1 aromatic carbocycles. The fourth-order valence-corrected chi connectivity index (χ4v) is 3.51. The molecule has 2 heterocycles. The Bertz CT molecular complexity index is 857. The summed E-state index contributed by atoms with van der Waals surface area (Å²) in [6, 6.07) is 4.25. The van der Waals surface area contributed by atoms with Crippen LogP contribution in [0.3, 0.4) is 0 Å². The molecule has 2 aliphatic rings. The number of nitrogens with zero attached hydrogens (tertiary/aromatic N) is 2. The third kappa shape index (κ3) is 4.58. The number of carbonyl (C=O) groups is 4. The van der Waals surface area contributed by atoms with Gasteiger partial charge in [-0.3, -0.25) is 14.5 Å². The van der Waals surface area contributed by atoms with E-state index in [9.17, 15) is 19.2 Å². The molecule has 156 valence electrons. The van der Waals surface area contributed by atoms with Crippen molar-refractivity contribution >= 4 is 29.4 Å². The molecule has 1 saturated heterocycles. The normalized spacial score (nSPS) is 18.6. The van der Waals surface area contributed by atoms with Gasteiger partial charge in [-0.1, -0.05) is 0 Å². The first-order valence-electron chi connectivity index (χ1n) is 9.66. The first kappa shape index (κ1) is 20.8. The molecule has 2 aliphatic heterocycles. The van der Waals surface area contributed by atoms with Crippen molar-refractivity contribution in [3.05, 3.63) is 29.3 Å². The maximum atomic E-state index is 12.5. The molecule has 1 aromatic rings. The fraction of sp³-hybridized carbons (Fsp3) is 0.524. The maximum Gasteiger partial charge on any atom is 0.411 e. The average molecular weight is 402 g/mol. The number of anilines is 1. The number of hydrogen-bond acceptors (Lipinski definition) is 6. The summed E-state index contributed by atoms with van der Waals surface area (Å²) in [6.07, 6.45) is 0.828. The number of esters is 1. The molecule has 1 atom stereocenters. The van der Waals surface area contributed by atoms with E-state index in [1.807, 2.05) is 0 Å². The monoisotopic (exact) mass is 402 g/mol. The number of likely N-dealkylation sites (tertiary alicyclic amines) is 1. The first-order chi connectivity index (χ1) is 13.6. The quantitative estimate of drug-likeness (QED) is 0.567. The molecule has 0 aromatic heterocycles. The minimum absolute atomic E-state index is 0.0282. The molecule has 2 amide bonds. The van der Waals surface area contributed by atoms with Gasteiger partial charge >= 0.3 is 12.1 Å². The van der Waals surface area contributed by atoms with Crippen LogP contribution in [0.5, 0.6) is 0 Å². The van der Waals surface area contributed by atoms with Crippen molar-refractivity contribution in [1.29, 1.82) is 0 Å². The van der Waals surface area contributed by atoms with Crippen molar-refractivity contribution in [3.8, 4) is 0 Å². The Hall–Kier alpha value is -2.90. The van der Waals surface area contributed by atoms with Crippen LogP contribution in [0.25, 0.3) is 0 Å². The SMILES string of the molecule is CN1C(=O)Cc2cc(C(=O)COC(=O)[C@@H]3CCCN3C(=O)OC(C)(C)C)ccc21. The van der Waals surface area contributed by atoms with Gasteiger partial charge in [-0.25, -0.2) is 9.59 Å². The summed E-state index contributed by atoms with van der Waals surface area (Å²) in [6.45, 7) is 5.27. The van der Waals surface area contributed by atoms with Crippen molar-refractivity contribution in [2.75, 3.05) is 25.1 Å². The molecule has 1 fully saturated rings. The van der Waals surface area contributed by atoms with Crippen LogP contribution in [0.15, 0.2) is 18.2 Å². The largest absolute Gasteiger partial charge is 0.456 e. The van der Waals surface area contributed by atoms with E-state index >= 15 is 0 Å². The molecule has 29 heavy (non-hydrogen) atoms. The van der Waals surface area contributed by atoms with E-state index in [1.165, 1.54) is 4.90 Å². The van der Waals surface area contributed by atoms with Gasteiger partial charge in [0.05, 0.1) is 6.42 Å². The number of ketones is 1. The minimum atomic E-state index is -0.746.